The molecule has 0 N–H and O–H groups in total. The van der Waals surface area contributed by atoms with E-state index in [0.29, 0.717) is 12.8 Å². The molecule has 0 spiro atoms. The average molecular weight is 349 g/mol. The summed E-state index contributed by atoms with van der Waals surface area (Å²) in [4.78, 5) is 14.5. The van der Waals surface area contributed by atoms with Gasteiger partial charge in [-0.25, -0.2) is 8.42 Å². The Hall–Kier alpha value is -1.62. The molecule has 0 bridgehead atoms. The quantitative estimate of drug-likeness (QED) is 0.792. The first kappa shape index (κ1) is 18.7. The fraction of sp³-hybridized carbons (Fsp3) is 0.526. The second-order valence-corrected chi connectivity index (χ2v) is 8.77. The highest BCUT2D eigenvalue weighted by Gasteiger charge is 2.23. The number of benzene rings is 1. The van der Waals surface area contributed by atoms with Crippen molar-refractivity contribution in [2.45, 2.75) is 44.6 Å². The fourth-order valence-corrected chi connectivity index (χ4v) is 3.73. The van der Waals surface area contributed by atoms with E-state index in [-0.39, 0.29) is 17.7 Å². The molecule has 0 saturated carbocycles. The topological polar surface area (TPSA) is 54.5 Å². The number of hydrogen-bond acceptors (Lipinski definition) is 3. The van der Waals surface area contributed by atoms with E-state index in [2.05, 4.69) is 12.2 Å². The summed E-state index contributed by atoms with van der Waals surface area (Å²) in [5, 5.41) is 0. The highest BCUT2D eigenvalue weighted by atomic mass is 32.2. The third-order valence-corrected chi connectivity index (χ3v) is 5.37. The first-order chi connectivity index (χ1) is 11.5. The molecule has 1 aliphatic rings. The average Bonchev–Trinajstić information content (AvgIpc) is 2.78. The second-order valence-electron chi connectivity index (χ2n) is 6.51. The molecule has 1 aliphatic heterocycles. The minimum atomic E-state index is -3.00. The first-order valence-electron chi connectivity index (χ1n) is 8.66. The standard InChI is InChI=1S/C19H27NO3S/c1-24(22,23)16-8-12-19(21)20-15-7-3-6-11-18(20)14-13-17-9-4-2-5-10-17/h2,4-5,9-10,13-14,18H,3,6-8,11-12,15-16H2,1H3/t18-/m0/s1. The third kappa shape index (κ3) is 6.48. The molecule has 5 heteroatoms. The smallest absolute Gasteiger partial charge is 0.223 e. The molecule has 1 amide bonds. The van der Waals surface area contributed by atoms with Gasteiger partial charge in [0.15, 0.2) is 0 Å². The van der Waals surface area contributed by atoms with E-state index in [1.54, 1.807) is 0 Å². The van der Waals surface area contributed by atoms with Gasteiger partial charge in [-0.1, -0.05) is 55.3 Å². The SMILES string of the molecule is CS(=O)(=O)CCCC(=O)N1CCCCC[C@H]1C=Cc1ccccc1. The van der Waals surface area contributed by atoms with E-state index in [9.17, 15) is 13.2 Å². The zero-order valence-electron chi connectivity index (χ0n) is 14.4. The van der Waals surface area contributed by atoms with Crippen LogP contribution in [0.25, 0.3) is 6.08 Å². The van der Waals surface area contributed by atoms with Crippen LogP contribution in [0.4, 0.5) is 0 Å². The summed E-state index contributed by atoms with van der Waals surface area (Å²) in [7, 11) is -3.00. The highest BCUT2D eigenvalue weighted by Crippen LogP contribution is 2.20. The zero-order chi connectivity index (χ0) is 17.4. The van der Waals surface area contributed by atoms with Crippen LogP contribution in [0.2, 0.25) is 0 Å². The van der Waals surface area contributed by atoms with Crippen LogP contribution in [0.1, 0.15) is 44.1 Å². The molecule has 1 fully saturated rings. The molecule has 0 radical (unpaired) electrons. The minimum Gasteiger partial charge on any atom is -0.336 e. The summed E-state index contributed by atoms with van der Waals surface area (Å²) in [6.45, 7) is 0.765. The molecule has 24 heavy (non-hydrogen) atoms. The monoisotopic (exact) mass is 349 g/mol. The van der Waals surface area contributed by atoms with Crippen molar-refractivity contribution in [2.24, 2.45) is 0 Å². The molecule has 0 aromatic heterocycles. The van der Waals surface area contributed by atoms with Crippen molar-refractivity contribution >= 4 is 21.8 Å². The second kappa shape index (κ2) is 9.02. The van der Waals surface area contributed by atoms with Gasteiger partial charge in [-0.3, -0.25) is 4.79 Å². The number of carbonyl (C=O) groups is 1. The summed E-state index contributed by atoms with van der Waals surface area (Å²) < 4.78 is 22.5. The Bertz CT molecular complexity index is 652. The number of nitrogens with zero attached hydrogens (tertiary/aromatic N) is 1. The van der Waals surface area contributed by atoms with E-state index in [0.717, 1.165) is 37.8 Å². The van der Waals surface area contributed by atoms with Gasteiger partial charge < -0.3 is 4.90 Å². The lowest BCUT2D eigenvalue weighted by atomic mass is 10.1. The van der Waals surface area contributed by atoms with Crippen molar-refractivity contribution in [3.63, 3.8) is 0 Å². The van der Waals surface area contributed by atoms with Gasteiger partial charge in [0, 0.05) is 19.2 Å². The predicted molar refractivity (Wildman–Crippen MR) is 98.4 cm³/mol. The molecular weight excluding hydrogens is 322 g/mol. The van der Waals surface area contributed by atoms with Crippen LogP contribution in [0, 0.1) is 0 Å². The summed E-state index contributed by atoms with van der Waals surface area (Å²) in [6, 6.07) is 10.2. The Labute approximate surface area is 145 Å². The van der Waals surface area contributed by atoms with E-state index in [4.69, 9.17) is 0 Å². The number of amides is 1. The lowest BCUT2D eigenvalue weighted by molar-refractivity contribution is -0.132. The molecule has 1 aromatic rings. The molecular formula is C19H27NO3S. The van der Waals surface area contributed by atoms with Gasteiger partial charge in [0.05, 0.1) is 11.8 Å². The van der Waals surface area contributed by atoms with Gasteiger partial charge in [-0.2, -0.15) is 0 Å². The fourth-order valence-electron chi connectivity index (χ4n) is 3.06. The van der Waals surface area contributed by atoms with Crippen LogP contribution in [-0.4, -0.2) is 43.8 Å². The predicted octanol–water partition coefficient (Wildman–Crippen LogP) is 3.30. The van der Waals surface area contributed by atoms with Crippen LogP contribution in [0.3, 0.4) is 0 Å². The zero-order valence-corrected chi connectivity index (χ0v) is 15.2. The Balaban J connectivity index is 2.00. The molecule has 0 aliphatic carbocycles. The highest BCUT2D eigenvalue weighted by molar-refractivity contribution is 7.90. The summed E-state index contributed by atoms with van der Waals surface area (Å²) >= 11 is 0. The minimum absolute atomic E-state index is 0.0725. The maximum atomic E-state index is 12.6. The van der Waals surface area contributed by atoms with E-state index in [1.165, 1.54) is 6.26 Å². The van der Waals surface area contributed by atoms with Gasteiger partial charge in [0.2, 0.25) is 5.91 Å². The summed E-state index contributed by atoms with van der Waals surface area (Å²) in [6.07, 6.45) is 10.4. The van der Waals surface area contributed by atoms with Gasteiger partial charge in [-0.05, 0) is 24.8 Å². The number of likely N-dealkylation sites (tertiary alicyclic amines) is 1. The van der Waals surface area contributed by atoms with E-state index < -0.39 is 9.84 Å². The Morgan fingerprint density at radius 2 is 1.96 bits per heavy atom. The third-order valence-electron chi connectivity index (χ3n) is 4.34. The number of carbonyl (C=O) groups excluding carboxylic acids is 1. The van der Waals surface area contributed by atoms with Crippen molar-refractivity contribution in [3.05, 3.63) is 42.0 Å². The van der Waals surface area contributed by atoms with Gasteiger partial charge >= 0.3 is 0 Å². The number of hydrogen-bond donors (Lipinski definition) is 0. The number of rotatable bonds is 6. The molecule has 1 atom stereocenters. The molecule has 0 unspecified atom stereocenters. The Morgan fingerprint density at radius 3 is 2.67 bits per heavy atom. The van der Waals surface area contributed by atoms with Crippen molar-refractivity contribution in [3.8, 4) is 0 Å². The van der Waals surface area contributed by atoms with Crippen LogP contribution in [-0.2, 0) is 14.6 Å². The van der Waals surface area contributed by atoms with Crippen molar-refractivity contribution in [1.82, 2.24) is 4.90 Å². The summed E-state index contributed by atoms with van der Waals surface area (Å²) in [5.41, 5.74) is 1.13. The molecule has 2 rings (SSSR count). The van der Waals surface area contributed by atoms with Crippen molar-refractivity contribution in [1.29, 1.82) is 0 Å². The Morgan fingerprint density at radius 1 is 1.21 bits per heavy atom. The van der Waals surface area contributed by atoms with Gasteiger partial charge in [0.25, 0.3) is 0 Å². The lowest BCUT2D eigenvalue weighted by Crippen LogP contribution is -2.39. The number of sulfone groups is 1. The molecule has 1 heterocycles. The lowest BCUT2D eigenvalue weighted by Gasteiger charge is -2.28. The molecule has 4 nitrogen and oxygen atoms in total. The molecule has 1 aromatic carbocycles. The van der Waals surface area contributed by atoms with Crippen LogP contribution in [0.15, 0.2) is 36.4 Å². The first-order valence-corrected chi connectivity index (χ1v) is 10.7. The molecule has 1 saturated heterocycles. The van der Waals surface area contributed by atoms with Crippen molar-refractivity contribution in [2.75, 3.05) is 18.6 Å². The van der Waals surface area contributed by atoms with Gasteiger partial charge in [0.1, 0.15) is 9.84 Å². The van der Waals surface area contributed by atoms with Crippen LogP contribution >= 0.6 is 0 Å². The Kier molecular flexibility index (Phi) is 7.03. The summed E-state index contributed by atoms with van der Waals surface area (Å²) in [5.74, 6) is 0.153. The van der Waals surface area contributed by atoms with Crippen LogP contribution < -0.4 is 0 Å². The maximum Gasteiger partial charge on any atom is 0.223 e. The van der Waals surface area contributed by atoms with E-state index >= 15 is 0 Å². The normalized spacial score (nSPS) is 19.4. The maximum absolute atomic E-state index is 12.6. The van der Waals surface area contributed by atoms with Crippen molar-refractivity contribution < 1.29 is 13.2 Å². The van der Waals surface area contributed by atoms with Crippen LogP contribution in [0.5, 0.6) is 0 Å². The largest absolute Gasteiger partial charge is 0.336 e. The van der Waals surface area contributed by atoms with E-state index in [1.807, 2.05) is 35.2 Å². The van der Waals surface area contributed by atoms with Gasteiger partial charge in [-0.15, -0.1) is 0 Å². The molecule has 132 valence electrons.